The number of aromatic nitrogens is 1. The molecule has 0 radical (unpaired) electrons. The monoisotopic (exact) mass is 592 g/mol. The number of aliphatic hydroxyl groups is 1. The zero-order valence-corrected chi connectivity index (χ0v) is 24.8. The highest BCUT2D eigenvalue weighted by molar-refractivity contribution is 7.22. The highest BCUT2D eigenvalue weighted by atomic mass is 32.1. The number of benzene rings is 2. The molecule has 3 heterocycles. The lowest BCUT2D eigenvalue weighted by Gasteiger charge is -2.25. The zero-order chi connectivity index (χ0) is 28.9. The highest BCUT2D eigenvalue weighted by Crippen LogP contribution is 2.46. The molecule has 1 atom stereocenters. The molecular formula is C31H32N2O6S2. The normalized spacial score (nSPS) is 15.1. The van der Waals surface area contributed by atoms with E-state index in [1.807, 2.05) is 38.1 Å². The Morgan fingerprint density at radius 3 is 2.56 bits per heavy atom. The Hall–Kier alpha value is -3.89. The van der Waals surface area contributed by atoms with Crippen LogP contribution in [0.15, 0.2) is 65.2 Å². The van der Waals surface area contributed by atoms with Crippen LogP contribution in [0.5, 0.6) is 17.2 Å². The Kier molecular flexibility index (Phi) is 8.90. The van der Waals surface area contributed by atoms with Crippen LogP contribution in [0.2, 0.25) is 0 Å². The number of carbonyl (C=O) groups excluding carboxylic acids is 2. The van der Waals surface area contributed by atoms with E-state index in [1.54, 1.807) is 29.6 Å². The fraction of sp³-hybridized carbons (Fsp3) is 0.323. The summed E-state index contributed by atoms with van der Waals surface area (Å²) in [5.74, 6) is 0.123. The molecule has 1 amide bonds. The molecule has 0 saturated carbocycles. The summed E-state index contributed by atoms with van der Waals surface area (Å²) in [4.78, 5) is 33.9. The van der Waals surface area contributed by atoms with Crippen molar-refractivity contribution in [1.82, 2.24) is 4.98 Å². The lowest BCUT2D eigenvalue weighted by atomic mass is 9.95. The van der Waals surface area contributed by atoms with Gasteiger partial charge in [0.2, 0.25) is 5.78 Å². The van der Waals surface area contributed by atoms with Crippen LogP contribution in [0, 0.1) is 0 Å². The predicted molar refractivity (Wildman–Crippen MR) is 162 cm³/mol. The minimum absolute atomic E-state index is 0.00535. The summed E-state index contributed by atoms with van der Waals surface area (Å²) in [6.07, 6.45) is 3.07. The standard InChI is InChI=1S/C31H32N2O6S2/c1-4-7-8-15-39-22-14-11-19(17-23(22)38-6-3)27-26(28(34)24-10-9-16-40-24)29(35)30(36)33(27)31-32-21-13-12-20(37-5-2)18-25(21)41-31/h9-14,16-18,27,35H,4-8,15H2,1-3H3. The molecule has 1 aliphatic heterocycles. The van der Waals surface area contributed by atoms with Crippen LogP contribution in [-0.2, 0) is 4.79 Å². The number of hydrogen-bond acceptors (Lipinski definition) is 9. The van der Waals surface area contributed by atoms with E-state index in [-0.39, 0.29) is 5.57 Å². The molecule has 214 valence electrons. The van der Waals surface area contributed by atoms with Crippen molar-refractivity contribution in [2.45, 2.75) is 46.1 Å². The largest absolute Gasteiger partial charge is 0.503 e. The molecule has 41 heavy (non-hydrogen) atoms. The summed E-state index contributed by atoms with van der Waals surface area (Å²) in [5.41, 5.74) is 1.29. The molecule has 0 spiro atoms. The summed E-state index contributed by atoms with van der Waals surface area (Å²) >= 11 is 2.55. The number of thiophene rings is 1. The van der Waals surface area contributed by atoms with Gasteiger partial charge in [0, 0.05) is 0 Å². The lowest BCUT2D eigenvalue weighted by molar-refractivity contribution is -0.117. The predicted octanol–water partition coefficient (Wildman–Crippen LogP) is 7.51. The van der Waals surface area contributed by atoms with Crippen molar-refractivity contribution in [3.63, 3.8) is 0 Å². The van der Waals surface area contributed by atoms with Gasteiger partial charge >= 0.3 is 0 Å². The fourth-order valence-corrected chi connectivity index (χ4v) is 6.46. The van der Waals surface area contributed by atoms with E-state index in [0.717, 1.165) is 24.0 Å². The van der Waals surface area contributed by atoms with Crippen molar-refractivity contribution in [2.75, 3.05) is 24.7 Å². The summed E-state index contributed by atoms with van der Waals surface area (Å²) in [5, 5.41) is 13.3. The van der Waals surface area contributed by atoms with Gasteiger partial charge in [-0.25, -0.2) is 4.98 Å². The fourth-order valence-electron chi connectivity index (χ4n) is 4.76. The van der Waals surface area contributed by atoms with Crippen molar-refractivity contribution in [2.24, 2.45) is 0 Å². The van der Waals surface area contributed by atoms with E-state index >= 15 is 0 Å². The number of anilines is 1. The van der Waals surface area contributed by atoms with Crippen molar-refractivity contribution in [3.8, 4) is 17.2 Å². The molecule has 10 heteroatoms. The smallest absolute Gasteiger partial charge is 0.296 e. The van der Waals surface area contributed by atoms with Crippen molar-refractivity contribution in [1.29, 1.82) is 0 Å². The Labute approximate surface area is 246 Å². The molecule has 5 rings (SSSR count). The number of aliphatic hydroxyl groups excluding tert-OH is 1. The number of thiazole rings is 1. The third-order valence-corrected chi connectivity index (χ3v) is 8.54. The van der Waals surface area contributed by atoms with E-state index < -0.39 is 23.5 Å². The minimum atomic E-state index is -0.919. The van der Waals surface area contributed by atoms with E-state index in [9.17, 15) is 14.7 Å². The van der Waals surface area contributed by atoms with Gasteiger partial charge in [0.1, 0.15) is 5.75 Å². The van der Waals surface area contributed by atoms with Crippen LogP contribution in [0.3, 0.4) is 0 Å². The van der Waals surface area contributed by atoms with Crippen LogP contribution in [-0.4, -0.2) is 41.6 Å². The summed E-state index contributed by atoms with van der Waals surface area (Å²) in [6, 6.07) is 13.4. The minimum Gasteiger partial charge on any atom is -0.503 e. The number of hydrogen-bond donors (Lipinski definition) is 1. The second-order valence-corrected chi connectivity index (χ2v) is 11.4. The number of unbranched alkanes of at least 4 members (excludes halogenated alkanes) is 2. The van der Waals surface area contributed by atoms with E-state index in [0.29, 0.717) is 58.2 Å². The van der Waals surface area contributed by atoms with Crippen LogP contribution in [0.4, 0.5) is 5.13 Å². The number of carbonyl (C=O) groups is 2. The molecular weight excluding hydrogens is 560 g/mol. The first-order chi connectivity index (χ1) is 20.0. The molecule has 0 aliphatic carbocycles. The second kappa shape index (κ2) is 12.7. The number of ether oxygens (including phenoxy) is 3. The third kappa shape index (κ3) is 5.80. The van der Waals surface area contributed by atoms with Gasteiger partial charge in [-0.15, -0.1) is 11.3 Å². The van der Waals surface area contributed by atoms with Gasteiger partial charge in [0.15, 0.2) is 22.4 Å². The molecule has 0 fully saturated rings. The maximum atomic E-state index is 13.7. The van der Waals surface area contributed by atoms with E-state index in [4.69, 9.17) is 19.2 Å². The van der Waals surface area contributed by atoms with Gasteiger partial charge < -0.3 is 19.3 Å². The molecule has 0 saturated heterocycles. The number of rotatable bonds is 13. The first-order valence-electron chi connectivity index (χ1n) is 13.7. The number of nitrogens with zero attached hydrogens (tertiary/aromatic N) is 2. The van der Waals surface area contributed by atoms with Gasteiger partial charge in [-0.1, -0.05) is 43.2 Å². The first kappa shape index (κ1) is 28.6. The molecule has 2 aromatic heterocycles. The Morgan fingerprint density at radius 2 is 1.83 bits per heavy atom. The molecule has 1 aliphatic rings. The van der Waals surface area contributed by atoms with Crippen LogP contribution >= 0.6 is 22.7 Å². The van der Waals surface area contributed by atoms with Gasteiger partial charge in [-0.3, -0.25) is 14.5 Å². The average molecular weight is 593 g/mol. The Balaban J connectivity index is 1.60. The highest BCUT2D eigenvalue weighted by Gasteiger charge is 2.46. The van der Waals surface area contributed by atoms with Crippen molar-refractivity contribution >= 4 is 49.7 Å². The van der Waals surface area contributed by atoms with Gasteiger partial charge in [-0.05, 0) is 67.6 Å². The quantitative estimate of drug-likeness (QED) is 0.127. The van der Waals surface area contributed by atoms with E-state index in [2.05, 4.69) is 6.92 Å². The Morgan fingerprint density at radius 1 is 1.00 bits per heavy atom. The number of fused-ring (bicyclic) bond motifs is 1. The van der Waals surface area contributed by atoms with Crippen LogP contribution < -0.4 is 19.1 Å². The Bertz CT molecular complexity index is 1580. The average Bonchev–Trinajstić information content (AvgIpc) is 3.70. The SMILES string of the molecule is CCCCCOc1ccc(C2C(C(=O)c3cccs3)=C(O)C(=O)N2c2nc3ccc(OCC)cc3s2)cc1OCC. The molecule has 8 nitrogen and oxygen atoms in total. The number of Topliss-reactive ketones (excluding diaryl/α,β-unsaturated/α-hetero) is 1. The molecule has 0 bridgehead atoms. The maximum Gasteiger partial charge on any atom is 0.296 e. The van der Waals surface area contributed by atoms with E-state index in [1.165, 1.54) is 27.6 Å². The second-order valence-electron chi connectivity index (χ2n) is 9.40. The number of amides is 1. The van der Waals surface area contributed by atoms with Crippen LogP contribution in [0.1, 0.15) is 61.3 Å². The van der Waals surface area contributed by atoms with Gasteiger partial charge in [0.05, 0.1) is 46.5 Å². The van der Waals surface area contributed by atoms with Crippen molar-refractivity contribution in [3.05, 3.63) is 75.7 Å². The number of ketones is 1. The first-order valence-corrected chi connectivity index (χ1v) is 15.4. The topological polar surface area (TPSA) is 98.2 Å². The molecule has 2 aromatic carbocycles. The molecule has 1 N–H and O–H groups in total. The third-order valence-electron chi connectivity index (χ3n) is 6.65. The summed E-state index contributed by atoms with van der Waals surface area (Å²) < 4.78 is 18.4. The lowest BCUT2D eigenvalue weighted by Crippen LogP contribution is -2.31. The molecule has 4 aromatic rings. The zero-order valence-electron chi connectivity index (χ0n) is 23.2. The molecule has 1 unspecified atom stereocenters. The summed E-state index contributed by atoms with van der Waals surface area (Å²) in [6.45, 7) is 7.42. The maximum absolute atomic E-state index is 13.7. The van der Waals surface area contributed by atoms with Gasteiger partial charge in [-0.2, -0.15) is 0 Å². The summed E-state index contributed by atoms with van der Waals surface area (Å²) in [7, 11) is 0. The van der Waals surface area contributed by atoms with Gasteiger partial charge in [0.25, 0.3) is 5.91 Å². The van der Waals surface area contributed by atoms with Crippen molar-refractivity contribution < 1.29 is 28.9 Å². The van der Waals surface area contributed by atoms with Crippen LogP contribution in [0.25, 0.3) is 10.2 Å².